The van der Waals surface area contributed by atoms with Crippen molar-refractivity contribution in [2.45, 2.75) is 13.0 Å². The van der Waals surface area contributed by atoms with Gasteiger partial charge >= 0.3 is 0 Å². The summed E-state index contributed by atoms with van der Waals surface area (Å²) in [5, 5.41) is 14.4. The molecule has 116 valence electrons. The lowest BCUT2D eigenvalue weighted by atomic mass is 9.96. The molecule has 0 saturated carbocycles. The van der Waals surface area contributed by atoms with Crippen LogP contribution in [0.25, 0.3) is 10.9 Å². The molecule has 0 fully saturated rings. The third-order valence-electron chi connectivity index (χ3n) is 3.64. The summed E-state index contributed by atoms with van der Waals surface area (Å²) in [7, 11) is 0. The lowest BCUT2D eigenvalue weighted by molar-refractivity contribution is -0.119. The van der Waals surface area contributed by atoms with E-state index in [1.54, 1.807) is 6.20 Å². The minimum atomic E-state index is -0.438. The summed E-state index contributed by atoms with van der Waals surface area (Å²) in [5.74, 6) is -0.0804. The maximum absolute atomic E-state index is 11.6. The first-order valence-electron chi connectivity index (χ1n) is 7.15. The average Bonchev–Trinajstić information content (AvgIpc) is 2.54. The van der Waals surface area contributed by atoms with E-state index in [1.807, 2.05) is 48.5 Å². The van der Waals surface area contributed by atoms with Gasteiger partial charge in [0.2, 0.25) is 5.91 Å². The number of hydrogen-bond donors (Lipinski definition) is 2. The van der Waals surface area contributed by atoms with E-state index in [4.69, 9.17) is 0 Å². The van der Waals surface area contributed by atoms with E-state index in [9.17, 15) is 9.90 Å². The first-order chi connectivity index (χ1) is 11.1. The fraction of sp³-hybridized carbons (Fsp3) is 0.111. The second kappa shape index (κ2) is 6.38. The molecule has 0 saturated heterocycles. The number of carbonyl (C=O) groups excluding carboxylic acids is 1. The van der Waals surface area contributed by atoms with Gasteiger partial charge in [-0.25, -0.2) is 0 Å². The average molecular weight is 371 g/mol. The quantitative estimate of drug-likeness (QED) is 0.734. The first-order valence-corrected chi connectivity index (χ1v) is 7.94. The number of phenolic OH excluding ortho intramolecular Hbond substituents is 1. The highest BCUT2D eigenvalue weighted by Crippen LogP contribution is 2.34. The lowest BCUT2D eigenvalue weighted by Gasteiger charge is -2.20. The van der Waals surface area contributed by atoms with Gasteiger partial charge in [0.15, 0.2) is 0 Å². The highest BCUT2D eigenvalue weighted by Gasteiger charge is 2.20. The van der Waals surface area contributed by atoms with Crippen LogP contribution in [0, 0.1) is 0 Å². The highest BCUT2D eigenvalue weighted by atomic mass is 79.9. The molecular formula is C18H15BrN2O2. The van der Waals surface area contributed by atoms with E-state index in [1.165, 1.54) is 6.92 Å². The second-order valence-electron chi connectivity index (χ2n) is 5.26. The summed E-state index contributed by atoms with van der Waals surface area (Å²) in [6, 6.07) is 14.6. The molecule has 5 heteroatoms. The van der Waals surface area contributed by atoms with Crippen LogP contribution < -0.4 is 5.32 Å². The van der Waals surface area contributed by atoms with Crippen molar-refractivity contribution < 1.29 is 9.90 Å². The molecule has 23 heavy (non-hydrogen) atoms. The fourth-order valence-electron chi connectivity index (χ4n) is 2.58. The number of amides is 1. The van der Waals surface area contributed by atoms with Gasteiger partial charge in [0.25, 0.3) is 0 Å². The van der Waals surface area contributed by atoms with Crippen molar-refractivity contribution in [1.29, 1.82) is 0 Å². The van der Waals surface area contributed by atoms with E-state index in [0.717, 1.165) is 15.4 Å². The number of nitrogens with one attached hydrogen (secondary N) is 1. The highest BCUT2D eigenvalue weighted by molar-refractivity contribution is 9.10. The van der Waals surface area contributed by atoms with Crippen LogP contribution in [0.2, 0.25) is 0 Å². The van der Waals surface area contributed by atoms with Crippen molar-refractivity contribution in [2.24, 2.45) is 0 Å². The normalized spacial score (nSPS) is 12.1. The van der Waals surface area contributed by atoms with Crippen LogP contribution in [0.3, 0.4) is 0 Å². The number of benzene rings is 2. The van der Waals surface area contributed by atoms with Gasteiger partial charge in [-0.1, -0.05) is 46.3 Å². The van der Waals surface area contributed by atoms with Gasteiger partial charge in [0, 0.05) is 28.5 Å². The SMILES string of the molecule is CC(=O)N[C@H](c1ccc(Br)cc1)c1ccc2cccnc2c1O. The Morgan fingerprint density at radius 2 is 1.91 bits per heavy atom. The van der Waals surface area contributed by atoms with E-state index in [2.05, 4.69) is 26.2 Å². The molecule has 3 aromatic rings. The molecule has 1 heterocycles. The number of carbonyl (C=O) groups is 1. The predicted octanol–water partition coefficient (Wildman–Crippen LogP) is 3.93. The van der Waals surface area contributed by atoms with Crippen molar-refractivity contribution in [2.75, 3.05) is 0 Å². The molecule has 4 nitrogen and oxygen atoms in total. The molecule has 0 aliphatic carbocycles. The number of hydrogen-bond acceptors (Lipinski definition) is 3. The number of phenols is 1. The standard InChI is InChI=1S/C18H15BrN2O2/c1-11(22)21-16(13-4-7-14(19)8-5-13)15-9-6-12-3-2-10-20-17(12)18(15)23/h2-10,16,23H,1H3,(H,21,22)/t16-/m1/s1. The second-order valence-corrected chi connectivity index (χ2v) is 6.18. The minimum absolute atomic E-state index is 0.0877. The van der Waals surface area contributed by atoms with Gasteiger partial charge in [-0.2, -0.15) is 0 Å². The molecule has 1 atom stereocenters. The largest absolute Gasteiger partial charge is 0.505 e. The smallest absolute Gasteiger partial charge is 0.217 e. The first kappa shape index (κ1) is 15.5. The molecule has 1 amide bonds. The summed E-state index contributed by atoms with van der Waals surface area (Å²) >= 11 is 3.40. The van der Waals surface area contributed by atoms with Crippen molar-refractivity contribution in [3.63, 3.8) is 0 Å². The molecule has 0 aliphatic heterocycles. The number of nitrogens with zero attached hydrogens (tertiary/aromatic N) is 1. The molecule has 0 aliphatic rings. The molecule has 2 aromatic carbocycles. The van der Waals surface area contributed by atoms with Crippen molar-refractivity contribution in [3.05, 3.63) is 70.3 Å². The zero-order valence-electron chi connectivity index (χ0n) is 12.5. The summed E-state index contributed by atoms with van der Waals surface area (Å²) in [4.78, 5) is 15.9. The third-order valence-corrected chi connectivity index (χ3v) is 4.17. The van der Waals surface area contributed by atoms with E-state index in [-0.39, 0.29) is 11.7 Å². The van der Waals surface area contributed by atoms with Crippen LogP contribution in [-0.4, -0.2) is 16.0 Å². The number of aromatic nitrogens is 1. The Bertz CT molecular complexity index is 863. The topological polar surface area (TPSA) is 62.2 Å². The number of halogens is 1. The van der Waals surface area contributed by atoms with Crippen molar-refractivity contribution in [3.8, 4) is 5.75 Å². The van der Waals surface area contributed by atoms with Crippen LogP contribution >= 0.6 is 15.9 Å². The number of rotatable bonds is 3. The zero-order chi connectivity index (χ0) is 16.4. The zero-order valence-corrected chi connectivity index (χ0v) is 14.0. The number of fused-ring (bicyclic) bond motifs is 1. The molecule has 0 radical (unpaired) electrons. The molecule has 0 spiro atoms. The van der Waals surface area contributed by atoms with Crippen LogP contribution in [0.4, 0.5) is 0 Å². The Hall–Kier alpha value is -2.40. The van der Waals surface area contributed by atoms with Crippen molar-refractivity contribution in [1.82, 2.24) is 10.3 Å². The maximum atomic E-state index is 11.6. The van der Waals surface area contributed by atoms with Gasteiger partial charge < -0.3 is 10.4 Å². The van der Waals surface area contributed by atoms with E-state index >= 15 is 0 Å². The Morgan fingerprint density at radius 3 is 2.61 bits per heavy atom. The molecule has 3 rings (SSSR count). The molecule has 2 N–H and O–H groups in total. The van der Waals surface area contributed by atoms with Gasteiger partial charge in [-0.05, 0) is 23.8 Å². The van der Waals surface area contributed by atoms with Gasteiger partial charge in [-0.3, -0.25) is 9.78 Å². The molecular weight excluding hydrogens is 356 g/mol. The number of aromatic hydroxyl groups is 1. The third kappa shape index (κ3) is 3.19. The molecule has 0 unspecified atom stereocenters. The van der Waals surface area contributed by atoms with Crippen LogP contribution in [-0.2, 0) is 4.79 Å². The molecule has 0 bridgehead atoms. The maximum Gasteiger partial charge on any atom is 0.217 e. The van der Waals surface area contributed by atoms with Crippen LogP contribution in [0.1, 0.15) is 24.1 Å². The fourth-order valence-corrected chi connectivity index (χ4v) is 2.84. The monoisotopic (exact) mass is 370 g/mol. The van der Waals surface area contributed by atoms with E-state index in [0.29, 0.717) is 11.1 Å². The summed E-state index contributed by atoms with van der Waals surface area (Å²) in [6.45, 7) is 1.46. The Balaban J connectivity index is 2.14. The van der Waals surface area contributed by atoms with Crippen molar-refractivity contribution >= 4 is 32.7 Å². The van der Waals surface area contributed by atoms with Crippen LogP contribution in [0.15, 0.2) is 59.2 Å². The Kier molecular flexibility index (Phi) is 4.30. The van der Waals surface area contributed by atoms with Crippen LogP contribution in [0.5, 0.6) is 5.75 Å². The summed E-state index contributed by atoms with van der Waals surface area (Å²) in [5.41, 5.74) is 2.03. The summed E-state index contributed by atoms with van der Waals surface area (Å²) < 4.78 is 0.951. The van der Waals surface area contributed by atoms with E-state index < -0.39 is 6.04 Å². The van der Waals surface area contributed by atoms with Gasteiger partial charge in [0.05, 0.1) is 6.04 Å². The predicted molar refractivity (Wildman–Crippen MR) is 93.2 cm³/mol. The Labute approximate surface area is 142 Å². The minimum Gasteiger partial charge on any atom is -0.505 e. The van der Waals surface area contributed by atoms with Gasteiger partial charge in [-0.15, -0.1) is 0 Å². The molecule has 1 aromatic heterocycles. The van der Waals surface area contributed by atoms with Gasteiger partial charge in [0.1, 0.15) is 11.3 Å². The Morgan fingerprint density at radius 1 is 1.17 bits per heavy atom. The summed E-state index contributed by atoms with van der Waals surface area (Å²) in [6.07, 6.45) is 1.64. The lowest BCUT2D eigenvalue weighted by Crippen LogP contribution is -2.27. The number of pyridine rings is 1.